The second-order valence-corrected chi connectivity index (χ2v) is 4.59. The fourth-order valence-corrected chi connectivity index (χ4v) is 2.60. The van der Waals surface area contributed by atoms with Gasteiger partial charge in [-0.3, -0.25) is 0 Å². The normalized spacial score (nSPS) is 13.4. The van der Waals surface area contributed by atoms with Crippen molar-refractivity contribution in [1.29, 1.82) is 0 Å². The average Bonchev–Trinajstić information content (AvgIpc) is 2.46. The van der Waals surface area contributed by atoms with E-state index >= 15 is 0 Å². The van der Waals surface area contributed by atoms with Crippen LogP contribution in [0.5, 0.6) is 0 Å². The Balaban J connectivity index is 2.70. The lowest BCUT2D eigenvalue weighted by Gasteiger charge is -1.82. The molecule has 0 N–H and O–H groups in total. The molecule has 1 radical (unpaired) electrons. The predicted molar refractivity (Wildman–Crippen MR) is 48.9 cm³/mol. The van der Waals surface area contributed by atoms with Gasteiger partial charge in [-0.2, -0.15) is 0 Å². The number of hydrogen-bond acceptors (Lipinski definition) is 2. The SMILES string of the molecule is [O]S(=O)c1cc2ccccc2s1. The molecular weight excluding hydrogens is 192 g/mol. The van der Waals surface area contributed by atoms with Gasteiger partial charge in [0.2, 0.25) is 11.1 Å². The van der Waals surface area contributed by atoms with Crippen LogP contribution in [0, 0.1) is 0 Å². The first-order valence-electron chi connectivity index (χ1n) is 3.35. The minimum absolute atomic E-state index is 0.399. The highest BCUT2D eigenvalue weighted by Crippen LogP contribution is 2.26. The third-order valence-corrected chi connectivity index (χ3v) is 3.58. The lowest BCUT2D eigenvalue weighted by molar-refractivity contribution is 0.475. The topological polar surface area (TPSA) is 37.0 Å². The predicted octanol–water partition coefficient (Wildman–Crippen LogP) is 2.35. The molecule has 61 valence electrons. The quantitative estimate of drug-likeness (QED) is 0.691. The molecule has 0 spiro atoms. The van der Waals surface area contributed by atoms with Crippen molar-refractivity contribution in [3.8, 4) is 0 Å². The van der Waals surface area contributed by atoms with Gasteiger partial charge < -0.3 is 0 Å². The Morgan fingerprint density at radius 1 is 1.25 bits per heavy atom. The molecule has 0 bridgehead atoms. The van der Waals surface area contributed by atoms with Gasteiger partial charge in [0.15, 0.2) is 0 Å². The molecule has 1 heterocycles. The zero-order valence-electron chi connectivity index (χ0n) is 6.02. The summed E-state index contributed by atoms with van der Waals surface area (Å²) in [6.07, 6.45) is 0. The van der Waals surface area contributed by atoms with E-state index in [2.05, 4.69) is 0 Å². The van der Waals surface area contributed by atoms with Gasteiger partial charge in [0.25, 0.3) is 0 Å². The molecule has 2 rings (SSSR count). The van der Waals surface area contributed by atoms with Crippen LogP contribution in [0.15, 0.2) is 34.5 Å². The van der Waals surface area contributed by atoms with Gasteiger partial charge in [0, 0.05) is 4.70 Å². The zero-order chi connectivity index (χ0) is 8.55. The minimum atomic E-state index is -2.09. The van der Waals surface area contributed by atoms with Crippen LogP contribution >= 0.6 is 11.3 Å². The Labute approximate surface area is 76.1 Å². The Morgan fingerprint density at radius 2 is 2.00 bits per heavy atom. The van der Waals surface area contributed by atoms with Gasteiger partial charge in [0.1, 0.15) is 4.21 Å². The lowest BCUT2D eigenvalue weighted by Crippen LogP contribution is -1.77. The highest BCUT2D eigenvalue weighted by Gasteiger charge is 2.05. The summed E-state index contributed by atoms with van der Waals surface area (Å²) < 4.78 is 22.6. The molecule has 12 heavy (non-hydrogen) atoms. The average molecular weight is 197 g/mol. The van der Waals surface area contributed by atoms with E-state index in [1.54, 1.807) is 6.07 Å². The molecule has 0 saturated carbocycles. The third kappa shape index (κ3) is 1.29. The fourth-order valence-electron chi connectivity index (χ4n) is 1.04. The maximum absolute atomic E-state index is 10.6. The molecule has 1 aromatic carbocycles. The molecule has 1 aromatic heterocycles. The van der Waals surface area contributed by atoms with Crippen LogP contribution in [-0.2, 0) is 15.6 Å². The second kappa shape index (κ2) is 2.97. The molecule has 0 aliphatic carbocycles. The Bertz CT molecular complexity index is 400. The number of thiophene rings is 1. The van der Waals surface area contributed by atoms with E-state index < -0.39 is 11.1 Å². The monoisotopic (exact) mass is 197 g/mol. The molecule has 2 aromatic rings. The van der Waals surface area contributed by atoms with Crippen molar-refractivity contribution in [1.82, 2.24) is 0 Å². The molecule has 1 atom stereocenters. The van der Waals surface area contributed by atoms with Gasteiger partial charge in [0.05, 0.1) is 0 Å². The number of hydrogen-bond donors (Lipinski definition) is 0. The van der Waals surface area contributed by atoms with Crippen molar-refractivity contribution in [2.45, 2.75) is 4.21 Å². The molecule has 0 saturated heterocycles. The van der Waals surface area contributed by atoms with Crippen LogP contribution in [0.1, 0.15) is 0 Å². The molecule has 4 heteroatoms. The largest absolute Gasteiger partial charge is 0.231 e. The van der Waals surface area contributed by atoms with Crippen LogP contribution in [0.3, 0.4) is 0 Å². The van der Waals surface area contributed by atoms with Crippen LogP contribution in [-0.4, -0.2) is 4.21 Å². The van der Waals surface area contributed by atoms with Crippen molar-refractivity contribution >= 4 is 32.5 Å². The summed E-state index contributed by atoms with van der Waals surface area (Å²) in [6, 6.07) is 9.30. The zero-order valence-corrected chi connectivity index (χ0v) is 7.65. The van der Waals surface area contributed by atoms with Gasteiger partial charge in [-0.1, -0.05) is 18.2 Å². The molecular formula is C8H5O2S2. The maximum Gasteiger partial charge on any atom is 0.231 e. The third-order valence-electron chi connectivity index (χ3n) is 1.57. The fraction of sp³-hybridized carbons (Fsp3) is 0. The van der Waals surface area contributed by atoms with E-state index in [0.717, 1.165) is 10.1 Å². The maximum atomic E-state index is 10.6. The summed E-state index contributed by atoms with van der Waals surface area (Å²) in [5, 5.41) is 0.988. The Kier molecular flexibility index (Phi) is 1.96. The molecule has 1 unspecified atom stereocenters. The summed E-state index contributed by atoms with van der Waals surface area (Å²) in [5.74, 6) is 0. The summed E-state index contributed by atoms with van der Waals surface area (Å²) in [5.41, 5.74) is 0. The van der Waals surface area contributed by atoms with E-state index in [1.807, 2.05) is 24.3 Å². The van der Waals surface area contributed by atoms with Crippen molar-refractivity contribution in [2.75, 3.05) is 0 Å². The van der Waals surface area contributed by atoms with Crippen molar-refractivity contribution in [3.05, 3.63) is 30.3 Å². The van der Waals surface area contributed by atoms with Gasteiger partial charge in [-0.25, -0.2) is 4.21 Å². The molecule has 2 nitrogen and oxygen atoms in total. The number of benzene rings is 1. The van der Waals surface area contributed by atoms with Crippen LogP contribution < -0.4 is 0 Å². The molecule has 0 fully saturated rings. The van der Waals surface area contributed by atoms with Gasteiger partial charge in [-0.05, 0) is 17.5 Å². The van der Waals surface area contributed by atoms with E-state index in [9.17, 15) is 8.76 Å². The smallest absolute Gasteiger partial charge is 0.221 e. The standard InChI is InChI=1S/C8H5O2S2/c9-12(10)8-5-6-3-1-2-4-7(6)11-8/h1-5H. The minimum Gasteiger partial charge on any atom is -0.221 e. The van der Waals surface area contributed by atoms with Crippen LogP contribution in [0.2, 0.25) is 0 Å². The lowest BCUT2D eigenvalue weighted by atomic mass is 10.3. The van der Waals surface area contributed by atoms with Crippen molar-refractivity contribution < 1.29 is 8.76 Å². The van der Waals surface area contributed by atoms with E-state index in [0.29, 0.717) is 4.21 Å². The summed E-state index contributed by atoms with van der Waals surface area (Å²) in [4.78, 5) is 0. The van der Waals surface area contributed by atoms with Gasteiger partial charge in [-0.15, -0.1) is 15.9 Å². The number of fused-ring (bicyclic) bond motifs is 1. The van der Waals surface area contributed by atoms with Crippen molar-refractivity contribution in [2.24, 2.45) is 0 Å². The molecule has 0 aliphatic rings. The number of rotatable bonds is 1. The van der Waals surface area contributed by atoms with Crippen molar-refractivity contribution in [3.63, 3.8) is 0 Å². The van der Waals surface area contributed by atoms with Crippen LogP contribution in [0.25, 0.3) is 10.1 Å². The highest BCUT2D eigenvalue weighted by atomic mass is 32.2. The van der Waals surface area contributed by atoms with E-state index in [1.165, 1.54) is 11.3 Å². The summed E-state index contributed by atoms with van der Waals surface area (Å²) >= 11 is -0.800. The Hall–Kier alpha value is -0.710. The molecule has 0 amide bonds. The summed E-state index contributed by atoms with van der Waals surface area (Å²) in [7, 11) is 0. The Morgan fingerprint density at radius 3 is 2.67 bits per heavy atom. The highest BCUT2D eigenvalue weighted by molar-refractivity contribution is 7.81. The molecule has 0 aliphatic heterocycles. The van der Waals surface area contributed by atoms with E-state index in [4.69, 9.17) is 0 Å². The van der Waals surface area contributed by atoms with Gasteiger partial charge >= 0.3 is 0 Å². The first-order valence-corrected chi connectivity index (χ1v) is 5.24. The van der Waals surface area contributed by atoms with E-state index in [-0.39, 0.29) is 0 Å². The first kappa shape index (κ1) is 7.91. The second-order valence-electron chi connectivity index (χ2n) is 2.34. The van der Waals surface area contributed by atoms with Crippen LogP contribution in [0.4, 0.5) is 0 Å². The summed E-state index contributed by atoms with van der Waals surface area (Å²) in [6.45, 7) is 0. The first-order chi connectivity index (χ1) is 5.77.